The summed E-state index contributed by atoms with van der Waals surface area (Å²) in [6, 6.07) is 5.99. The Bertz CT molecular complexity index is 504. The number of rotatable bonds is 5. The summed E-state index contributed by atoms with van der Waals surface area (Å²) in [6.07, 6.45) is 1.85. The molecule has 2 rings (SSSR count). The van der Waals surface area contributed by atoms with Crippen LogP contribution < -0.4 is 5.32 Å². The molecule has 1 aromatic heterocycles. The van der Waals surface area contributed by atoms with Gasteiger partial charge in [-0.25, -0.2) is 9.97 Å². The van der Waals surface area contributed by atoms with Crippen molar-refractivity contribution in [3.63, 3.8) is 0 Å². The monoisotopic (exact) mass is 311 g/mol. The zero-order chi connectivity index (χ0) is 12.1. The van der Waals surface area contributed by atoms with Crippen molar-refractivity contribution >= 4 is 44.5 Å². The Kier molecular flexibility index (Phi) is 4.62. The molecular weight excluding hydrogens is 298 g/mol. The van der Waals surface area contributed by atoms with Crippen molar-refractivity contribution < 1.29 is 0 Å². The Morgan fingerprint density at radius 3 is 3.12 bits per heavy atom. The van der Waals surface area contributed by atoms with Gasteiger partial charge in [-0.3, -0.25) is 0 Å². The summed E-state index contributed by atoms with van der Waals surface area (Å²) in [7, 11) is 0. The van der Waals surface area contributed by atoms with Crippen LogP contribution in [-0.4, -0.2) is 28.0 Å². The number of nitrogens with zero attached hydrogens (tertiary/aromatic N) is 2. The van der Waals surface area contributed by atoms with Gasteiger partial charge < -0.3 is 5.32 Å². The number of fused-ring (bicyclic) bond motifs is 1. The van der Waals surface area contributed by atoms with E-state index in [2.05, 4.69) is 38.1 Å². The first-order valence-corrected chi connectivity index (χ1v) is 7.49. The van der Waals surface area contributed by atoms with Crippen LogP contribution in [0, 0.1) is 0 Å². The highest BCUT2D eigenvalue weighted by Crippen LogP contribution is 2.21. The smallest absolute Gasteiger partial charge is 0.223 e. The van der Waals surface area contributed by atoms with E-state index in [1.807, 2.05) is 36.2 Å². The van der Waals surface area contributed by atoms with E-state index in [0.717, 1.165) is 33.4 Å². The molecule has 0 bridgehead atoms. The molecule has 90 valence electrons. The molecule has 0 fully saturated rings. The van der Waals surface area contributed by atoms with Gasteiger partial charge in [-0.1, -0.05) is 19.1 Å². The third-order valence-corrected chi connectivity index (χ3v) is 3.84. The average Bonchev–Trinajstić information content (AvgIpc) is 2.36. The zero-order valence-corrected chi connectivity index (χ0v) is 12.0. The second-order valence-corrected chi connectivity index (χ2v) is 5.74. The van der Waals surface area contributed by atoms with Crippen LogP contribution in [0.25, 0.3) is 10.9 Å². The molecule has 3 nitrogen and oxygen atoms in total. The summed E-state index contributed by atoms with van der Waals surface area (Å²) in [5.41, 5.74) is 0.952. The van der Waals surface area contributed by atoms with E-state index in [9.17, 15) is 0 Å². The van der Waals surface area contributed by atoms with Crippen LogP contribution in [0.15, 0.2) is 28.9 Å². The second kappa shape index (κ2) is 6.21. The van der Waals surface area contributed by atoms with E-state index >= 15 is 0 Å². The lowest BCUT2D eigenvalue weighted by molar-refractivity contribution is 1.11. The molecule has 0 spiro atoms. The molecule has 0 aliphatic carbocycles. The molecule has 0 aliphatic rings. The van der Waals surface area contributed by atoms with Gasteiger partial charge in [-0.15, -0.1) is 0 Å². The van der Waals surface area contributed by atoms with Gasteiger partial charge >= 0.3 is 0 Å². The summed E-state index contributed by atoms with van der Waals surface area (Å²) in [6.45, 7) is 3.06. The Labute approximate surface area is 114 Å². The van der Waals surface area contributed by atoms with Crippen LogP contribution in [0.2, 0.25) is 0 Å². The topological polar surface area (TPSA) is 37.8 Å². The number of halogens is 1. The maximum atomic E-state index is 4.49. The Morgan fingerprint density at radius 1 is 1.41 bits per heavy atom. The number of benzene rings is 1. The van der Waals surface area contributed by atoms with E-state index in [1.54, 1.807) is 0 Å². The van der Waals surface area contributed by atoms with Gasteiger partial charge in [-0.2, -0.15) is 11.8 Å². The minimum absolute atomic E-state index is 0.695. The van der Waals surface area contributed by atoms with Crippen molar-refractivity contribution in [3.05, 3.63) is 28.9 Å². The third-order valence-electron chi connectivity index (χ3n) is 2.30. The number of nitrogens with one attached hydrogen (secondary N) is 1. The molecule has 2 aromatic rings. The normalized spacial score (nSPS) is 10.7. The SMILES string of the molecule is CCSCCNc1ncc2cccc(Br)c2n1. The standard InChI is InChI=1S/C12H14BrN3S/c1-2-17-7-6-14-12-15-8-9-4-3-5-10(13)11(9)16-12/h3-5,8H,2,6-7H2,1H3,(H,14,15,16). The summed E-state index contributed by atoms with van der Waals surface area (Å²) < 4.78 is 1.00. The number of para-hydroxylation sites is 1. The van der Waals surface area contributed by atoms with Crippen LogP contribution in [0.1, 0.15) is 6.92 Å². The molecule has 0 atom stereocenters. The predicted octanol–water partition coefficient (Wildman–Crippen LogP) is 3.56. The zero-order valence-electron chi connectivity index (χ0n) is 9.61. The molecule has 0 aliphatic heterocycles. The molecule has 0 saturated carbocycles. The number of aromatic nitrogens is 2. The molecule has 0 saturated heterocycles. The fraction of sp³-hybridized carbons (Fsp3) is 0.333. The lowest BCUT2D eigenvalue weighted by Crippen LogP contribution is -2.07. The first-order chi connectivity index (χ1) is 8.31. The largest absolute Gasteiger partial charge is 0.353 e. The maximum Gasteiger partial charge on any atom is 0.223 e. The van der Waals surface area contributed by atoms with E-state index in [1.165, 1.54) is 0 Å². The summed E-state index contributed by atoms with van der Waals surface area (Å²) >= 11 is 5.41. The summed E-state index contributed by atoms with van der Waals surface area (Å²) in [5.74, 6) is 2.92. The van der Waals surface area contributed by atoms with E-state index in [4.69, 9.17) is 0 Å². The van der Waals surface area contributed by atoms with Crippen molar-refractivity contribution in [2.45, 2.75) is 6.92 Å². The van der Waals surface area contributed by atoms with Crippen molar-refractivity contribution in [1.82, 2.24) is 9.97 Å². The first-order valence-electron chi connectivity index (χ1n) is 5.54. The fourth-order valence-corrected chi connectivity index (χ4v) is 2.49. The van der Waals surface area contributed by atoms with Gasteiger partial charge in [0.2, 0.25) is 5.95 Å². The average molecular weight is 312 g/mol. The van der Waals surface area contributed by atoms with Gasteiger partial charge in [0.25, 0.3) is 0 Å². The molecule has 0 radical (unpaired) electrons. The van der Waals surface area contributed by atoms with Gasteiger partial charge in [0.1, 0.15) is 0 Å². The summed E-state index contributed by atoms with van der Waals surface area (Å²) in [4.78, 5) is 8.79. The Hall–Kier alpha value is -0.810. The van der Waals surface area contributed by atoms with Gasteiger partial charge in [-0.05, 0) is 27.7 Å². The van der Waals surface area contributed by atoms with E-state index in [0.29, 0.717) is 5.95 Å². The molecule has 1 heterocycles. The van der Waals surface area contributed by atoms with E-state index < -0.39 is 0 Å². The highest BCUT2D eigenvalue weighted by atomic mass is 79.9. The number of hydrogen-bond donors (Lipinski definition) is 1. The van der Waals surface area contributed by atoms with Crippen LogP contribution in [0.3, 0.4) is 0 Å². The predicted molar refractivity (Wildman–Crippen MR) is 78.7 cm³/mol. The number of anilines is 1. The molecular formula is C12H14BrN3S. The minimum atomic E-state index is 0.695. The number of hydrogen-bond acceptors (Lipinski definition) is 4. The van der Waals surface area contributed by atoms with Gasteiger partial charge in [0, 0.05) is 28.4 Å². The van der Waals surface area contributed by atoms with Gasteiger partial charge in [0.05, 0.1) is 5.52 Å². The van der Waals surface area contributed by atoms with E-state index in [-0.39, 0.29) is 0 Å². The second-order valence-electron chi connectivity index (χ2n) is 3.49. The maximum absolute atomic E-state index is 4.49. The molecule has 0 unspecified atom stereocenters. The molecule has 17 heavy (non-hydrogen) atoms. The Balaban J connectivity index is 2.11. The highest BCUT2D eigenvalue weighted by molar-refractivity contribution is 9.10. The van der Waals surface area contributed by atoms with Crippen LogP contribution in [0.4, 0.5) is 5.95 Å². The quantitative estimate of drug-likeness (QED) is 0.857. The Morgan fingerprint density at radius 2 is 2.29 bits per heavy atom. The van der Waals surface area contributed by atoms with Crippen molar-refractivity contribution in [3.8, 4) is 0 Å². The van der Waals surface area contributed by atoms with Crippen LogP contribution in [0.5, 0.6) is 0 Å². The van der Waals surface area contributed by atoms with Crippen LogP contribution in [-0.2, 0) is 0 Å². The first kappa shape index (κ1) is 12.6. The molecule has 1 N–H and O–H groups in total. The van der Waals surface area contributed by atoms with Crippen LogP contribution >= 0.6 is 27.7 Å². The summed E-state index contributed by atoms with van der Waals surface area (Å²) in [5, 5.41) is 4.28. The lowest BCUT2D eigenvalue weighted by Gasteiger charge is -2.05. The molecule has 5 heteroatoms. The molecule has 1 aromatic carbocycles. The van der Waals surface area contributed by atoms with Gasteiger partial charge in [0.15, 0.2) is 0 Å². The van der Waals surface area contributed by atoms with Crippen molar-refractivity contribution in [1.29, 1.82) is 0 Å². The van der Waals surface area contributed by atoms with Crippen molar-refractivity contribution in [2.75, 3.05) is 23.4 Å². The molecule has 0 amide bonds. The number of thioether (sulfide) groups is 1. The fourth-order valence-electron chi connectivity index (χ4n) is 1.48. The van der Waals surface area contributed by atoms with Crippen molar-refractivity contribution in [2.24, 2.45) is 0 Å². The minimum Gasteiger partial charge on any atom is -0.353 e. The third kappa shape index (κ3) is 3.33. The highest BCUT2D eigenvalue weighted by Gasteiger charge is 2.02. The lowest BCUT2D eigenvalue weighted by atomic mass is 10.2.